The van der Waals surface area contributed by atoms with Crippen molar-refractivity contribution in [1.82, 2.24) is 10.4 Å². The molecular formula is C8H14BrN3O2. The van der Waals surface area contributed by atoms with E-state index < -0.39 is 10.7 Å². The summed E-state index contributed by atoms with van der Waals surface area (Å²) in [6, 6.07) is -0.485. The van der Waals surface area contributed by atoms with E-state index in [1.807, 2.05) is 6.92 Å². The summed E-state index contributed by atoms with van der Waals surface area (Å²) in [6.07, 6.45) is 3.14. The molecule has 1 aliphatic rings. The zero-order valence-corrected chi connectivity index (χ0v) is 9.87. The molecule has 0 aromatic heterocycles. The third-order valence-electron chi connectivity index (χ3n) is 1.95. The van der Waals surface area contributed by atoms with Crippen molar-refractivity contribution in [2.75, 3.05) is 13.6 Å². The molecule has 1 rings (SSSR count). The Morgan fingerprint density at radius 3 is 2.93 bits per heavy atom. The molecule has 1 aliphatic heterocycles. The van der Waals surface area contributed by atoms with E-state index in [0.717, 1.165) is 12.8 Å². The number of nitrogens with one attached hydrogen (secondary N) is 1. The summed E-state index contributed by atoms with van der Waals surface area (Å²) in [6.45, 7) is 2.58. The van der Waals surface area contributed by atoms with Crippen LogP contribution in [0.1, 0.15) is 19.8 Å². The molecule has 0 bridgehead atoms. The first kappa shape index (κ1) is 11.5. The second kappa shape index (κ2) is 4.29. The minimum absolute atomic E-state index is 0.485. The lowest BCUT2D eigenvalue weighted by Gasteiger charge is -2.39. The molecule has 2 amide bonds. The summed E-state index contributed by atoms with van der Waals surface area (Å²) in [5.74, 6) is 0. The number of urea groups is 1. The topological polar surface area (TPSA) is 55.4 Å². The highest BCUT2D eigenvalue weighted by Crippen LogP contribution is 2.18. The highest BCUT2D eigenvalue weighted by atomic mass is 79.9. The Balaban J connectivity index is 2.72. The lowest BCUT2D eigenvalue weighted by molar-refractivity contribution is -0.728. The van der Waals surface area contributed by atoms with Gasteiger partial charge in [0, 0.05) is 6.54 Å². The van der Waals surface area contributed by atoms with Gasteiger partial charge in [-0.05, 0) is 22.4 Å². The number of nitrogens with zero attached hydrogens (tertiary/aromatic N) is 2. The van der Waals surface area contributed by atoms with Crippen molar-refractivity contribution in [2.45, 2.75) is 19.8 Å². The zero-order chi connectivity index (χ0) is 10.8. The van der Waals surface area contributed by atoms with Crippen LogP contribution in [0.15, 0.2) is 10.8 Å². The molecule has 5 nitrogen and oxygen atoms in total. The fourth-order valence-electron chi connectivity index (χ4n) is 1.18. The van der Waals surface area contributed by atoms with Gasteiger partial charge >= 0.3 is 6.03 Å². The van der Waals surface area contributed by atoms with E-state index in [-0.39, 0.29) is 0 Å². The van der Waals surface area contributed by atoms with Crippen LogP contribution < -0.4 is 5.43 Å². The van der Waals surface area contributed by atoms with Gasteiger partial charge in [0.2, 0.25) is 0 Å². The number of hydroxylamine groups is 3. The Hall–Kier alpha value is -0.590. The van der Waals surface area contributed by atoms with Gasteiger partial charge in [-0.25, -0.2) is 14.4 Å². The minimum Gasteiger partial charge on any atom is -0.619 e. The van der Waals surface area contributed by atoms with Crippen molar-refractivity contribution < 1.29 is 9.44 Å². The molecule has 0 saturated heterocycles. The average Bonchev–Trinajstić information content (AvgIpc) is 2.08. The number of carbonyl (C=O) groups is 1. The number of unbranched alkanes of at least 4 members (excludes halogenated alkanes) is 1. The molecule has 6 heteroatoms. The number of carbonyl (C=O) groups excluding carboxylic acids is 1. The summed E-state index contributed by atoms with van der Waals surface area (Å²) in [7, 11) is 1.31. The maximum absolute atomic E-state index is 11.6. The second-order valence-electron chi connectivity index (χ2n) is 3.37. The Bertz CT molecular complexity index is 265. The van der Waals surface area contributed by atoms with Crippen LogP contribution in [-0.2, 0) is 0 Å². The van der Waals surface area contributed by atoms with Gasteiger partial charge in [0.05, 0.1) is 7.05 Å². The molecule has 0 spiro atoms. The van der Waals surface area contributed by atoms with Gasteiger partial charge in [0.1, 0.15) is 6.20 Å². The molecule has 0 radical (unpaired) electrons. The molecule has 0 aliphatic carbocycles. The monoisotopic (exact) mass is 263 g/mol. The van der Waals surface area contributed by atoms with E-state index in [0.29, 0.717) is 11.2 Å². The standard InChI is InChI=1S/C8H14BrN3O2/c1-3-4-5-11-8(13)12(2,14)6-7(9)10-11/h6,10H,3-5H2,1-2H3. The van der Waals surface area contributed by atoms with Crippen LogP contribution in [0, 0.1) is 5.21 Å². The number of quaternary nitrogens is 1. The fourth-order valence-corrected chi connectivity index (χ4v) is 1.79. The Labute approximate surface area is 91.6 Å². The largest absolute Gasteiger partial charge is 0.619 e. The van der Waals surface area contributed by atoms with Crippen LogP contribution in [0.3, 0.4) is 0 Å². The molecule has 1 atom stereocenters. The number of amides is 2. The summed E-state index contributed by atoms with van der Waals surface area (Å²) in [4.78, 5) is 11.6. The third-order valence-corrected chi connectivity index (χ3v) is 2.33. The van der Waals surface area contributed by atoms with Gasteiger partial charge in [0.15, 0.2) is 4.61 Å². The van der Waals surface area contributed by atoms with E-state index in [9.17, 15) is 10.0 Å². The second-order valence-corrected chi connectivity index (χ2v) is 4.22. The van der Waals surface area contributed by atoms with E-state index in [4.69, 9.17) is 0 Å². The smallest absolute Gasteiger partial charge is 0.442 e. The van der Waals surface area contributed by atoms with E-state index in [1.54, 1.807) is 0 Å². The van der Waals surface area contributed by atoms with Gasteiger partial charge in [-0.2, -0.15) is 0 Å². The first-order valence-electron chi connectivity index (χ1n) is 4.51. The maximum atomic E-state index is 11.6. The summed E-state index contributed by atoms with van der Waals surface area (Å²) < 4.78 is -0.470. The number of rotatable bonds is 3. The van der Waals surface area contributed by atoms with Crippen molar-refractivity contribution in [3.63, 3.8) is 0 Å². The molecule has 0 aromatic rings. The SMILES string of the molecule is CCCCN1NC(Br)=C[N+](C)([O-])C1=O. The zero-order valence-electron chi connectivity index (χ0n) is 8.29. The van der Waals surface area contributed by atoms with Crippen LogP contribution >= 0.6 is 15.9 Å². The summed E-state index contributed by atoms with van der Waals surface area (Å²) >= 11 is 3.16. The lowest BCUT2D eigenvalue weighted by Crippen LogP contribution is -2.57. The van der Waals surface area contributed by atoms with Crippen molar-refractivity contribution in [2.24, 2.45) is 0 Å². The lowest BCUT2D eigenvalue weighted by atomic mass is 10.3. The number of hydrogen-bond donors (Lipinski definition) is 1. The van der Waals surface area contributed by atoms with Gasteiger partial charge in [0.25, 0.3) is 0 Å². The summed E-state index contributed by atoms with van der Waals surface area (Å²) in [5, 5.41) is 13.0. The number of halogens is 1. The number of hydrogen-bond acceptors (Lipinski definition) is 3. The quantitative estimate of drug-likeness (QED) is 0.481. The normalized spacial score (nSPS) is 27.3. The molecule has 1 N–H and O–H groups in total. The predicted molar refractivity (Wildman–Crippen MR) is 56.7 cm³/mol. The minimum atomic E-state index is -1.00. The molecule has 0 fully saturated rings. The highest BCUT2D eigenvalue weighted by molar-refractivity contribution is 9.11. The first-order chi connectivity index (χ1) is 6.47. The van der Waals surface area contributed by atoms with Gasteiger partial charge in [-0.1, -0.05) is 13.3 Å². The van der Waals surface area contributed by atoms with Crippen LogP contribution in [0.25, 0.3) is 0 Å². The van der Waals surface area contributed by atoms with E-state index in [2.05, 4.69) is 21.4 Å². The molecule has 0 aromatic carbocycles. The van der Waals surface area contributed by atoms with E-state index >= 15 is 0 Å². The maximum Gasteiger partial charge on any atom is 0.442 e. The molecular weight excluding hydrogens is 250 g/mol. The van der Waals surface area contributed by atoms with Crippen LogP contribution in [-0.4, -0.2) is 29.3 Å². The Kier molecular flexibility index (Phi) is 3.52. The molecule has 0 saturated carbocycles. The first-order valence-corrected chi connectivity index (χ1v) is 5.31. The summed E-state index contributed by atoms with van der Waals surface area (Å²) in [5.41, 5.74) is 2.80. The van der Waals surface area contributed by atoms with Crippen molar-refractivity contribution in [3.8, 4) is 0 Å². The van der Waals surface area contributed by atoms with Crippen molar-refractivity contribution in [3.05, 3.63) is 16.0 Å². The molecule has 80 valence electrons. The molecule has 1 heterocycles. The fraction of sp³-hybridized carbons (Fsp3) is 0.625. The van der Waals surface area contributed by atoms with Crippen molar-refractivity contribution in [1.29, 1.82) is 0 Å². The Morgan fingerprint density at radius 2 is 2.36 bits per heavy atom. The van der Waals surface area contributed by atoms with Crippen LogP contribution in [0.5, 0.6) is 0 Å². The third kappa shape index (κ3) is 2.46. The average molecular weight is 264 g/mol. The number of hydrazine groups is 1. The van der Waals surface area contributed by atoms with E-state index in [1.165, 1.54) is 18.3 Å². The van der Waals surface area contributed by atoms with Crippen molar-refractivity contribution >= 4 is 22.0 Å². The van der Waals surface area contributed by atoms with Gasteiger partial charge in [-0.15, -0.1) is 0 Å². The predicted octanol–water partition coefficient (Wildman–Crippen LogP) is 1.86. The van der Waals surface area contributed by atoms with Gasteiger partial charge < -0.3 is 5.21 Å². The van der Waals surface area contributed by atoms with Crippen LogP contribution in [0.2, 0.25) is 0 Å². The Morgan fingerprint density at radius 1 is 1.71 bits per heavy atom. The molecule has 1 unspecified atom stereocenters. The highest BCUT2D eigenvalue weighted by Gasteiger charge is 2.32. The van der Waals surface area contributed by atoms with Crippen LogP contribution in [0.4, 0.5) is 4.79 Å². The molecule has 14 heavy (non-hydrogen) atoms. The van der Waals surface area contributed by atoms with Gasteiger partial charge in [-0.3, -0.25) is 5.43 Å².